The number of nitrogens with two attached hydrogens (primary N) is 2. The van der Waals surface area contributed by atoms with Crippen LogP contribution in [0.3, 0.4) is 0 Å². The van der Waals surface area contributed by atoms with Crippen LogP contribution in [0.2, 0.25) is 0 Å². The van der Waals surface area contributed by atoms with Gasteiger partial charge < -0.3 is 16.2 Å². The van der Waals surface area contributed by atoms with Crippen molar-refractivity contribution in [2.75, 3.05) is 6.61 Å². The van der Waals surface area contributed by atoms with Gasteiger partial charge in [-0.2, -0.15) is 0 Å². The van der Waals surface area contributed by atoms with E-state index in [1.165, 1.54) is 0 Å². The average molecular weight is 439 g/mol. The van der Waals surface area contributed by atoms with Crippen LogP contribution in [0.15, 0.2) is 78.9 Å². The van der Waals surface area contributed by atoms with Crippen LogP contribution in [0.25, 0.3) is 33.0 Å². The molecule has 0 saturated carbocycles. The van der Waals surface area contributed by atoms with Crippen LogP contribution in [0.1, 0.15) is 28.4 Å². The summed E-state index contributed by atoms with van der Waals surface area (Å²) in [4.78, 5) is 25.0. The Morgan fingerprint density at radius 3 is 2.27 bits per heavy atom. The highest BCUT2D eigenvalue weighted by Gasteiger charge is 2.20. The summed E-state index contributed by atoms with van der Waals surface area (Å²) >= 11 is 0. The van der Waals surface area contributed by atoms with Crippen molar-refractivity contribution in [2.45, 2.75) is 19.9 Å². The number of ether oxygens (including phenoxy) is 1. The number of fused-ring (bicyclic) bond motifs is 1. The fourth-order valence-corrected chi connectivity index (χ4v) is 4.26. The molecule has 0 fully saturated rings. The van der Waals surface area contributed by atoms with Crippen molar-refractivity contribution >= 4 is 22.6 Å². The largest absolute Gasteiger partial charge is 0.466 e. The normalized spacial score (nSPS) is 10.8. The minimum atomic E-state index is -0.519. The number of rotatable bonds is 7. The number of esters is 1. The van der Waals surface area contributed by atoms with Gasteiger partial charge in [-0.15, -0.1) is 0 Å². The minimum absolute atomic E-state index is 0.104. The third-order valence-electron chi connectivity index (χ3n) is 5.71. The lowest BCUT2D eigenvalue weighted by atomic mass is 9.86. The molecule has 0 aliphatic rings. The SMILES string of the molecule is CCOC(=O)Cc1ccccc1-c1cc(-c2cccc(CN)c2)c2ccccc2c1C(N)=O. The predicted molar refractivity (Wildman–Crippen MR) is 132 cm³/mol. The maximum atomic E-state index is 12.7. The van der Waals surface area contributed by atoms with Crippen LogP contribution in [-0.4, -0.2) is 18.5 Å². The number of primary amides is 1. The molecule has 166 valence electrons. The Balaban J connectivity index is 2.03. The van der Waals surface area contributed by atoms with E-state index in [0.29, 0.717) is 24.3 Å². The number of hydrogen-bond acceptors (Lipinski definition) is 4. The number of hydrogen-bond donors (Lipinski definition) is 2. The molecule has 4 aromatic carbocycles. The lowest BCUT2D eigenvalue weighted by Crippen LogP contribution is -2.14. The molecule has 4 rings (SSSR count). The maximum Gasteiger partial charge on any atom is 0.310 e. The van der Waals surface area contributed by atoms with Crippen LogP contribution in [0.4, 0.5) is 0 Å². The first kappa shape index (κ1) is 22.2. The van der Waals surface area contributed by atoms with E-state index >= 15 is 0 Å². The van der Waals surface area contributed by atoms with Crippen molar-refractivity contribution in [1.82, 2.24) is 0 Å². The van der Waals surface area contributed by atoms with Crippen LogP contribution < -0.4 is 11.5 Å². The summed E-state index contributed by atoms with van der Waals surface area (Å²) in [5, 5.41) is 1.69. The Kier molecular flexibility index (Phi) is 6.52. The summed E-state index contributed by atoms with van der Waals surface area (Å²) in [6, 6.07) is 25.3. The molecule has 5 nitrogen and oxygen atoms in total. The fourth-order valence-electron chi connectivity index (χ4n) is 4.26. The zero-order chi connectivity index (χ0) is 23.4. The van der Waals surface area contributed by atoms with Gasteiger partial charge in [0.1, 0.15) is 0 Å². The Morgan fingerprint density at radius 2 is 1.55 bits per heavy atom. The van der Waals surface area contributed by atoms with E-state index in [4.69, 9.17) is 16.2 Å². The van der Waals surface area contributed by atoms with Gasteiger partial charge >= 0.3 is 5.97 Å². The van der Waals surface area contributed by atoms with Crippen molar-refractivity contribution in [3.63, 3.8) is 0 Å². The smallest absolute Gasteiger partial charge is 0.310 e. The van der Waals surface area contributed by atoms with Crippen molar-refractivity contribution < 1.29 is 14.3 Å². The van der Waals surface area contributed by atoms with Crippen molar-refractivity contribution in [3.8, 4) is 22.3 Å². The molecule has 0 bridgehead atoms. The van der Waals surface area contributed by atoms with E-state index < -0.39 is 5.91 Å². The van der Waals surface area contributed by atoms with Crippen molar-refractivity contribution in [3.05, 3.63) is 95.6 Å². The van der Waals surface area contributed by atoms with E-state index in [1.807, 2.05) is 72.8 Å². The van der Waals surface area contributed by atoms with E-state index in [2.05, 4.69) is 6.07 Å². The van der Waals surface area contributed by atoms with Gasteiger partial charge in [0.25, 0.3) is 0 Å². The Morgan fingerprint density at radius 1 is 0.818 bits per heavy atom. The summed E-state index contributed by atoms with van der Waals surface area (Å²) in [5.74, 6) is -0.836. The molecule has 33 heavy (non-hydrogen) atoms. The molecule has 1 amide bonds. The molecule has 5 heteroatoms. The van der Waals surface area contributed by atoms with Crippen LogP contribution in [0, 0.1) is 0 Å². The molecule has 0 saturated heterocycles. The molecule has 4 N–H and O–H groups in total. The topological polar surface area (TPSA) is 95.4 Å². The highest BCUT2D eigenvalue weighted by Crippen LogP contribution is 2.39. The zero-order valence-corrected chi connectivity index (χ0v) is 18.5. The highest BCUT2D eigenvalue weighted by atomic mass is 16.5. The summed E-state index contributed by atoms with van der Waals surface area (Å²) in [7, 11) is 0. The number of carbonyl (C=O) groups excluding carboxylic acids is 2. The molecule has 0 spiro atoms. The van der Waals surface area contributed by atoms with E-state index in [9.17, 15) is 9.59 Å². The molecule has 0 radical (unpaired) electrons. The molecule has 0 heterocycles. The maximum absolute atomic E-state index is 12.7. The number of benzene rings is 4. The van der Waals surface area contributed by atoms with E-state index in [-0.39, 0.29) is 12.4 Å². The Labute approximate surface area is 193 Å². The third-order valence-corrected chi connectivity index (χ3v) is 5.71. The summed E-state index contributed by atoms with van der Waals surface area (Å²) in [6.07, 6.45) is 0.104. The second-order valence-electron chi connectivity index (χ2n) is 7.80. The minimum Gasteiger partial charge on any atom is -0.466 e. The molecular weight excluding hydrogens is 412 g/mol. The van der Waals surface area contributed by atoms with Crippen LogP contribution >= 0.6 is 0 Å². The van der Waals surface area contributed by atoms with Gasteiger partial charge in [0.05, 0.1) is 18.6 Å². The molecular formula is C28H26N2O3. The quantitative estimate of drug-likeness (QED) is 0.404. The highest BCUT2D eigenvalue weighted by molar-refractivity contribution is 6.15. The summed E-state index contributed by atoms with van der Waals surface area (Å²) in [5.41, 5.74) is 17.4. The van der Waals surface area contributed by atoms with E-state index in [1.54, 1.807) is 6.92 Å². The monoisotopic (exact) mass is 438 g/mol. The second-order valence-corrected chi connectivity index (χ2v) is 7.80. The Hall–Kier alpha value is -3.96. The van der Waals surface area contributed by atoms with Gasteiger partial charge in [0, 0.05) is 6.54 Å². The molecule has 4 aromatic rings. The molecule has 0 unspecified atom stereocenters. The molecule has 0 aliphatic heterocycles. The first-order valence-corrected chi connectivity index (χ1v) is 10.9. The van der Waals surface area contributed by atoms with Gasteiger partial charge in [-0.25, -0.2) is 0 Å². The number of amides is 1. The van der Waals surface area contributed by atoms with E-state index in [0.717, 1.165) is 38.6 Å². The lowest BCUT2D eigenvalue weighted by molar-refractivity contribution is -0.142. The molecule has 0 aliphatic carbocycles. The predicted octanol–water partition coefficient (Wildman–Crippen LogP) is 4.84. The van der Waals surface area contributed by atoms with Crippen LogP contribution in [-0.2, 0) is 22.5 Å². The average Bonchev–Trinajstić information content (AvgIpc) is 2.83. The van der Waals surface area contributed by atoms with Gasteiger partial charge in [0.15, 0.2) is 0 Å². The standard InChI is InChI=1S/C28H26N2O3/c1-2-33-26(31)15-20-9-3-4-11-21(20)25-16-24(19-10-7-8-18(14-19)17-29)22-12-5-6-13-23(22)27(25)28(30)32/h3-14,16H,2,15,17,29H2,1H3,(H2,30,32). The summed E-state index contributed by atoms with van der Waals surface area (Å²) < 4.78 is 5.16. The fraction of sp³-hybridized carbons (Fsp3) is 0.143. The summed E-state index contributed by atoms with van der Waals surface area (Å²) in [6.45, 7) is 2.52. The van der Waals surface area contributed by atoms with Crippen molar-refractivity contribution in [1.29, 1.82) is 0 Å². The van der Waals surface area contributed by atoms with Gasteiger partial charge in [-0.3, -0.25) is 9.59 Å². The van der Waals surface area contributed by atoms with Gasteiger partial charge in [-0.1, -0.05) is 66.7 Å². The molecule has 0 atom stereocenters. The molecule has 0 aromatic heterocycles. The second kappa shape index (κ2) is 9.67. The van der Waals surface area contributed by atoms with Gasteiger partial charge in [-0.05, 0) is 63.2 Å². The first-order chi connectivity index (χ1) is 16.0. The lowest BCUT2D eigenvalue weighted by Gasteiger charge is -2.18. The van der Waals surface area contributed by atoms with Crippen LogP contribution in [0.5, 0.6) is 0 Å². The Bertz CT molecular complexity index is 1340. The number of carbonyl (C=O) groups is 2. The van der Waals surface area contributed by atoms with Gasteiger partial charge in [0.2, 0.25) is 5.91 Å². The van der Waals surface area contributed by atoms with Crippen molar-refractivity contribution in [2.24, 2.45) is 11.5 Å². The first-order valence-electron chi connectivity index (χ1n) is 10.9. The zero-order valence-electron chi connectivity index (χ0n) is 18.5. The third kappa shape index (κ3) is 4.49.